The molecule has 0 atom stereocenters. The first-order valence-electron chi connectivity index (χ1n) is 7.25. The summed E-state index contributed by atoms with van der Waals surface area (Å²) in [5.41, 5.74) is 0.238. The van der Waals surface area contributed by atoms with Crippen molar-refractivity contribution in [2.45, 2.75) is 24.0 Å². The topological polar surface area (TPSA) is 52.7 Å². The molecule has 0 aliphatic heterocycles. The van der Waals surface area contributed by atoms with Crippen LogP contribution in [0.1, 0.15) is 12.4 Å². The van der Waals surface area contributed by atoms with Crippen molar-refractivity contribution in [3.63, 3.8) is 0 Å². The second kappa shape index (κ2) is 7.37. The lowest BCUT2D eigenvalue weighted by Gasteiger charge is -2.12. The zero-order valence-electron chi connectivity index (χ0n) is 12.9. The predicted octanol–water partition coefficient (Wildman–Crippen LogP) is 4.12. The van der Waals surface area contributed by atoms with Gasteiger partial charge in [-0.15, -0.1) is 6.58 Å². The Morgan fingerprint density at radius 1 is 1.40 bits per heavy atom. The molecule has 3 aromatic rings. The number of hydrogen-bond donors (Lipinski definition) is 0. The summed E-state index contributed by atoms with van der Waals surface area (Å²) in [5, 5.41) is 1.24. The van der Waals surface area contributed by atoms with E-state index in [0.29, 0.717) is 21.1 Å². The Balaban J connectivity index is 2.01. The van der Waals surface area contributed by atoms with Gasteiger partial charge in [-0.2, -0.15) is 8.78 Å². The van der Waals surface area contributed by atoms with Crippen molar-refractivity contribution in [2.75, 3.05) is 0 Å². The monoisotopic (exact) mass is 382 g/mol. The number of halogens is 3. The third-order valence-electron chi connectivity index (χ3n) is 3.48. The average molecular weight is 383 g/mol. The Morgan fingerprint density at radius 3 is 2.92 bits per heavy atom. The fourth-order valence-electron chi connectivity index (χ4n) is 2.34. The summed E-state index contributed by atoms with van der Waals surface area (Å²) in [7, 11) is 0. The van der Waals surface area contributed by atoms with Gasteiger partial charge in [-0.25, -0.2) is 9.97 Å². The van der Waals surface area contributed by atoms with E-state index in [0.717, 1.165) is 16.3 Å². The quantitative estimate of drug-likeness (QED) is 0.365. The van der Waals surface area contributed by atoms with Crippen LogP contribution in [0.3, 0.4) is 0 Å². The van der Waals surface area contributed by atoms with Crippen LogP contribution in [-0.2, 0) is 12.3 Å². The highest BCUT2D eigenvalue weighted by molar-refractivity contribution is 7.98. The van der Waals surface area contributed by atoms with Gasteiger partial charge in [-0.05, 0) is 18.2 Å². The molecule has 3 rings (SSSR count). The van der Waals surface area contributed by atoms with Crippen molar-refractivity contribution in [3.05, 3.63) is 64.4 Å². The minimum Gasteiger partial charge on any atom is -0.283 e. The van der Waals surface area contributed by atoms with E-state index >= 15 is 0 Å². The van der Waals surface area contributed by atoms with Crippen molar-refractivity contribution in [2.24, 2.45) is 0 Å². The molecule has 0 amide bonds. The molecular weight excluding hydrogens is 370 g/mol. The lowest BCUT2D eigenvalue weighted by Crippen LogP contribution is -2.23. The Hall–Kier alpha value is -2.19. The number of fused-ring (bicyclic) bond motifs is 1. The molecule has 0 aliphatic carbocycles. The molecule has 0 fully saturated rings. The van der Waals surface area contributed by atoms with E-state index < -0.39 is 6.55 Å². The summed E-state index contributed by atoms with van der Waals surface area (Å²) in [5.74, 6) is 0.357. The van der Waals surface area contributed by atoms with Crippen LogP contribution in [0.15, 0.2) is 53.2 Å². The molecule has 9 heteroatoms. The Labute approximate surface area is 151 Å². The molecule has 25 heavy (non-hydrogen) atoms. The van der Waals surface area contributed by atoms with Gasteiger partial charge in [0.1, 0.15) is 5.82 Å². The maximum absolute atomic E-state index is 12.9. The molecule has 0 spiro atoms. The first kappa shape index (κ1) is 17.6. The van der Waals surface area contributed by atoms with Gasteiger partial charge in [0, 0.05) is 24.0 Å². The van der Waals surface area contributed by atoms with Gasteiger partial charge in [0.25, 0.3) is 5.56 Å². The van der Waals surface area contributed by atoms with Gasteiger partial charge in [-0.1, -0.05) is 29.4 Å². The largest absolute Gasteiger partial charge is 0.319 e. The van der Waals surface area contributed by atoms with E-state index in [9.17, 15) is 13.6 Å². The molecule has 0 aliphatic rings. The molecule has 0 saturated heterocycles. The Bertz CT molecular complexity index is 986. The summed E-state index contributed by atoms with van der Waals surface area (Å²) in [6, 6.07) is 4.86. The maximum Gasteiger partial charge on any atom is 0.319 e. The van der Waals surface area contributed by atoms with Crippen LogP contribution >= 0.6 is 23.4 Å². The fourth-order valence-corrected chi connectivity index (χ4v) is 3.47. The summed E-state index contributed by atoms with van der Waals surface area (Å²) < 4.78 is 28.0. The van der Waals surface area contributed by atoms with Crippen molar-refractivity contribution in [1.82, 2.24) is 19.1 Å². The second-order valence-corrected chi connectivity index (χ2v) is 6.46. The van der Waals surface area contributed by atoms with E-state index in [-0.39, 0.29) is 23.7 Å². The Kier molecular flexibility index (Phi) is 5.19. The summed E-state index contributed by atoms with van der Waals surface area (Å²) >= 11 is 7.12. The normalized spacial score (nSPS) is 11.4. The highest BCUT2D eigenvalue weighted by atomic mass is 35.5. The highest BCUT2D eigenvalue weighted by Gasteiger charge is 2.15. The first-order chi connectivity index (χ1) is 12.0. The van der Waals surface area contributed by atoms with Gasteiger partial charge >= 0.3 is 6.55 Å². The van der Waals surface area contributed by atoms with Gasteiger partial charge < -0.3 is 0 Å². The van der Waals surface area contributed by atoms with Crippen LogP contribution in [0.2, 0.25) is 5.02 Å². The smallest absolute Gasteiger partial charge is 0.283 e. The zero-order valence-corrected chi connectivity index (χ0v) is 14.5. The van der Waals surface area contributed by atoms with Gasteiger partial charge in [0.15, 0.2) is 5.16 Å². The van der Waals surface area contributed by atoms with Crippen LogP contribution in [-0.4, -0.2) is 19.1 Å². The third kappa shape index (κ3) is 3.59. The number of alkyl halides is 2. The summed E-state index contributed by atoms with van der Waals surface area (Å²) in [6.07, 6.45) is 4.10. The van der Waals surface area contributed by atoms with Crippen molar-refractivity contribution in [1.29, 1.82) is 0 Å². The fraction of sp³-hybridized carbons (Fsp3) is 0.188. The van der Waals surface area contributed by atoms with E-state index in [2.05, 4.69) is 16.5 Å². The van der Waals surface area contributed by atoms with Gasteiger partial charge in [0.2, 0.25) is 0 Å². The van der Waals surface area contributed by atoms with Gasteiger partial charge in [0.05, 0.1) is 16.7 Å². The standard InChI is InChI=1S/C16H13ClF2N4OS/c1-2-6-23-14(24)11-8-10(17)3-4-12(11)21-16(23)25-9-13-20-5-7-22(13)15(18)19/h2-5,7-8,15H,1,6,9H2. The molecule has 0 radical (unpaired) electrons. The van der Waals surface area contributed by atoms with Crippen molar-refractivity contribution < 1.29 is 8.78 Å². The van der Waals surface area contributed by atoms with Gasteiger partial charge in [-0.3, -0.25) is 13.9 Å². The summed E-state index contributed by atoms with van der Waals surface area (Å²) in [4.78, 5) is 21.1. The van der Waals surface area contributed by atoms with Crippen LogP contribution in [0.5, 0.6) is 0 Å². The summed E-state index contributed by atoms with van der Waals surface area (Å²) in [6.45, 7) is 1.23. The number of imidazole rings is 1. The third-order valence-corrected chi connectivity index (χ3v) is 4.69. The molecule has 5 nitrogen and oxygen atoms in total. The number of allylic oxidation sites excluding steroid dienone is 1. The molecule has 130 valence electrons. The van der Waals surface area contributed by atoms with E-state index in [1.807, 2.05) is 0 Å². The van der Waals surface area contributed by atoms with Crippen molar-refractivity contribution >= 4 is 34.3 Å². The second-order valence-electron chi connectivity index (χ2n) is 5.08. The lowest BCUT2D eigenvalue weighted by atomic mass is 10.2. The molecule has 0 saturated carbocycles. The maximum atomic E-state index is 12.9. The number of thioether (sulfide) groups is 1. The molecule has 0 unspecified atom stereocenters. The predicted molar refractivity (Wildman–Crippen MR) is 94.3 cm³/mol. The molecule has 0 N–H and O–H groups in total. The molecule has 0 bridgehead atoms. The molecule has 2 heterocycles. The Morgan fingerprint density at radius 2 is 2.20 bits per heavy atom. The van der Waals surface area contributed by atoms with E-state index in [1.54, 1.807) is 24.3 Å². The molecular formula is C16H13ClF2N4OS. The molecule has 1 aromatic carbocycles. The number of aromatic nitrogens is 4. The SMILES string of the molecule is C=CCn1c(SCc2nccn2C(F)F)nc2ccc(Cl)cc2c1=O. The number of rotatable bonds is 6. The van der Waals surface area contributed by atoms with Crippen molar-refractivity contribution in [3.8, 4) is 0 Å². The van der Waals surface area contributed by atoms with Crippen LogP contribution in [0, 0.1) is 0 Å². The lowest BCUT2D eigenvalue weighted by molar-refractivity contribution is 0.0678. The minimum absolute atomic E-state index is 0.153. The van der Waals surface area contributed by atoms with Crippen LogP contribution < -0.4 is 5.56 Å². The number of nitrogens with zero attached hydrogens (tertiary/aromatic N) is 4. The number of benzene rings is 1. The minimum atomic E-state index is -2.67. The van der Waals surface area contributed by atoms with E-state index in [4.69, 9.17) is 11.6 Å². The average Bonchev–Trinajstić information content (AvgIpc) is 3.05. The van der Waals surface area contributed by atoms with Crippen LogP contribution in [0.25, 0.3) is 10.9 Å². The van der Waals surface area contributed by atoms with Crippen LogP contribution in [0.4, 0.5) is 8.78 Å². The zero-order chi connectivity index (χ0) is 18.0. The number of hydrogen-bond acceptors (Lipinski definition) is 4. The first-order valence-corrected chi connectivity index (χ1v) is 8.61. The highest BCUT2D eigenvalue weighted by Crippen LogP contribution is 2.24. The van der Waals surface area contributed by atoms with E-state index in [1.165, 1.54) is 17.0 Å². The molecule has 2 aromatic heterocycles.